The van der Waals surface area contributed by atoms with Crippen LogP contribution in [0.5, 0.6) is 0 Å². The van der Waals surface area contributed by atoms with E-state index in [1.54, 1.807) is 4.90 Å². The highest BCUT2D eigenvalue weighted by Crippen LogP contribution is 2.33. The molecule has 2 N–H and O–H groups in total. The van der Waals surface area contributed by atoms with E-state index in [4.69, 9.17) is 0 Å². The Kier molecular flexibility index (Phi) is 6.55. The molecule has 6 nitrogen and oxygen atoms in total. The van der Waals surface area contributed by atoms with Gasteiger partial charge in [-0.05, 0) is 80.4 Å². The number of benzene rings is 1. The molecule has 1 aromatic rings. The third-order valence-corrected chi connectivity index (χ3v) is 8.46. The summed E-state index contributed by atoms with van der Waals surface area (Å²) in [5.74, 6) is 0.829. The van der Waals surface area contributed by atoms with Gasteiger partial charge in [0.05, 0.1) is 0 Å². The van der Waals surface area contributed by atoms with Gasteiger partial charge in [0, 0.05) is 30.6 Å². The summed E-state index contributed by atoms with van der Waals surface area (Å²) in [7, 11) is 0. The predicted molar refractivity (Wildman–Crippen MR) is 126 cm³/mol. The number of amides is 3. The smallest absolute Gasteiger partial charge is 0.255 e. The van der Waals surface area contributed by atoms with E-state index in [-0.39, 0.29) is 24.1 Å². The molecule has 1 aromatic carbocycles. The number of hydrogen-bond acceptors (Lipinski definition) is 4. The van der Waals surface area contributed by atoms with E-state index in [1.807, 2.05) is 6.07 Å². The third kappa shape index (κ3) is 4.86. The molecule has 4 aliphatic rings. The lowest BCUT2D eigenvalue weighted by molar-refractivity contribution is -0.136. The fourth-order valence-electron chi connectivity index (χ4n) is 6.46. The summed E-state index contributed by atoms with van der Waals surface area (Å²) >= 11 is 0. The van der Waals surface area contributed by atoms with Crippen LogP contribution in [0.25, 0.3) is 0 Å². The van der Waals surface area contributed by atoms with Crippen LogP contribution in [0.3, 0.4) is 0 Å². The lowest BCUT2D eigenvalue weighted by Crippen LogP contribution is -2.52. The molecule has 2 aliphatic heterocycles. The van der Waals surface area contributed by atoms with Crippen molar-refractivity contribution in [1.29, 1.82) is 0 Å². The maximum absolute atomic E-state index is 13.0. The van der Waals surface area contributed by atoms with Crippen molar-refractivity contribution >= 4 is 17.7 Å². The first-order valence-electron chi connectivity index (χ1n) is 13.0. The van der Waals surface area contributed by atoms with Gasteiger partial charge in [0.15, 0.2) is 0 Å². The molecule has 0 aromatic heterocycles. The maximum Gasteiger partial charge on any atom is 0.255 e. The Morgan fingerprint density at radius 2 is 1.79 bits per heavy atom. The summed E-state index contributed by atoms with van der Waals surface area (Å²) in [4.78, 5) is 38.4. The second-order valence-electron chi connectivity index (χ2n) is 10.9. The molecule has 3 fully saturated rings. The number of rotatable bonds is 5. The van der Waals surface area contributed by atoms with Crippen LogP contribution in [-0.2, 0) is 22.6 Å². The first-order valence-corrected chi connectivity index (χ1v) is 13.0. The molecule has 6 heteroatoms. The Balaban J connectivity index is 1.24. The molecule has 3 atom stereocenters. The number of fused-ring (bicyclic) bond motifs is 1. The Bertz CT molecular complexity index is 921. The van der Waals surface area contributed by atoms with Gasteiger partial charge in [-0.2, -0.15) is 0 Å². The van der Waals surface area contributed by atoms with E-state index in [2.05, 4.69) is 29.7 Å². The van der Waals surface area contributed by atoms with Crippen LogP contribution in [-0.4, -0.2) is 40.7 Å². The lowest BCUT2D eigenvalue weighted by Gasteiger charge is -2.37. The summed E-state index contributed by atoms with van der Waals surface area (Å²) in [5, 5.41) is 6.41. The zero-order chi connectivity index (χ0) is 22.9. The molecule has 3 amide bonds. The molecular weight excluding hydrogens is 414 g/mol. The van der Waals surface area contributed by atoms with E-state index < -0.39 is 6.04 Å². The molecule has 5 rings (SSSR count). The van der Waals surface area contributed by atoms with Crippen molar-refractivity contribution < 1.29 is 14.4 Å². The van der Waals surface area contributed by atoms with Gasteiger partial charge >= 0.3 is 0 Å². The van der Waals surface area contributed by atoms with Crippen LogP contribution >= 0.6 is 0 Å². The van der Waals surface area contributed by atoms with Gasteiger partial charge in [-0.1, -0.05) is 31.9 Å². The van der Waals surface area contributed by atoms with Crippen molar-refractivity contribution in [1.82, 2.24) is 15.5 Å². The number of nitrogens with zero attached hydrogens (tertiary/aromatic N) is 1. The second kappa shape index (κ2) is 9.57. The Morgan fingerprint density at radius 1 is 1.00 bits per heavy atom. The quantitative estimate of drug-likeness (QED) is 0.669. The first-order chi connectivity index (χ1) is 16.0. The highest BCUT2D eigenvalue weighted by molar-refractivity contribution is 6.05. The molecule has 0 spiro atoms. The monoisotopic (exact) mass is 451 g/mol. The van der Waals surface area contributed by atoms with Crippen molar-refractivity contribution in [2.75, 3.05) is 0 Å². The second-order valence-corrected chi connectivity index (χ2v) is 10.9. The van der Waals surface area contributed by atoms with Gasteiger partial charge in [-0.3, -0.25) is 19.7 Å². The Labute approximate surface area is 196 Å². The minimum Gasteiger partial charge on any atom is -0.322 e. The number of hydrogen-bond donors (Lipinski definition) is 2. The molecular formula is C27H37N3O3. The van der Waals surface area contributed by atoms with Gasteiger partial charge in [0.25, 0.3) is 5.91 Å². The van der Waals surface area contributed by atoms with Crippen LogP contribution in [0.1, 0.15) is 92.6 Å². The number of nitrogens with one attached hydrogen (secondary N) is 2. The first kappa shape index (κ1) is 22.6. The van der Waals surface area contributed by atoms with Crippen LogP contribution in [0.2, 0.25) is 0 Å². The lowest BCUT2D eigenvalue weighted by atomic mass is 9.79. The van der Waals surface area contributed by atoms with Crippen molar-refractivity contribution in [2.45, 2.75) is 102 Å². The minimum atomic E-state index is -0.545. The van der Waals surface area contributed by atoms with E-state index in [1.165, 1.54) is 56.9 Å². The standard InChI is InChI=1S/C27H37N3O3/c1-17-6-9-21(10-7-17)28-23-5-3-2-4-19(23)14-18-8-11-22-20(15-18)16-30(27(22)33)24-12-13-25(31)29-26(24)32/h8,11,15,17,19,21,23-24,28H,2-7,9-10,12-14,16H2,1H3,(H,29,31,32)/t17?,19-,21?,23+,24?/m1/s1. The van der Waals surface area contributed by atoms with E-state index >= 15 is 0 Å². The molecule has 0 radical (unpaired) electrons. The fraction of sp³-hybridized carbons (Fsp3) is 0.667. The van der Waals surface area contributed by atoms with Crippen LogP contribution in [0, 0.1) is 11.8 Å². The normalized spacial score (nSPS) is 32.6. The molecule has 1 saturated heterocycles. The van der Waals surface area contributed by atoms with Crippen molar-refractivity contribution in [2.24, 2.45) is 11.8 Å². The maximum atomic E-state index is 13.0. The highest BCUT2D eigenvalue weighted by Gasteiger charge is 2.39. The Morgan fingerprint density at radius 3 is 2.58 bits per heavy atom. The third-order valence-electron chi connectivity index (χ3n) is 8.46. The van der Waals surface area contributed by atoms with Crippen LogP contribution in [0.4, 0.5) is 0 Å². The Hall–Kier alpha value is -2.21. The average Bonchev–Trinajstić information content (AvgIpc) is 3.12. The highest BCUT2D eigenvalue weighted by atomic mass is 16.2. The number of piperidine rings is 1. The predicted octanol–water partition coefficient (Wildman–Crippen LogP) is 3.72. The largest absolute Gasteiger partial charge is 0.322 e. The molecule has 2 heterocycles. The molecule has 33 heavy (non-hydrogen) atoms. The summed E-state index contributed by atoms with van der Waals surface area (Å²) < 4.78 is 0. The zero-order valence-electron chi connectivity index (χ0n) is 19.8. The van der Waals surface area contributed by atoms with Gasteiger partial charge < -0.3 is 10.2 Å². The van der Waals surface area contributed by atoms with E-state index in [0.717, 1.165) is 17.9 Å². The van der Waals surface area contributed by atoms with E-state index in [9.17, 15) is 14.4 Å². The number of carbonyl (C=O) groups is 3. The van der Waals surface area contributed by atoms with Crippen molar-refractivity contribution in [3.8, 4) is 0 Å². The summed E-state index contributed by atoms with van der Waals surface area (Å²) in [6.45, 7) is 2.83. The van der Waals surface area contributed by atoms with Crippen molar-refractivity contribution in [3.05, 3.63) is 34.9 Å². The summed E-state index contributed by atoms with van der Waals surface area (Å²) in [6, 6.07) is 6.97. The molecule has 2 aliphatic carbocycles. The van der Waals surface area contributed by atoms with E-state index in [0.29, 0.717) is 36.5 Å². The summed E-state index contributed by atoms with van der Waals surface area (Å²) in [5.41, 5.74) is 3.02. The fourth-order valence-corrected chi connectivity index (χ4v) is 6.46. The minimum absolute atomic E-state index is 0.0882. The number of imide groups is 1. The van der Waals surface area contributed by atoms with Crippen LogP contribution < -0.4 is 10.6 Å². The number of carbonyl (C=O) groups excluding carboxylic acids is 3. The molecule has 1 unspecified atom stereocenters. The average molecular weight is 452 g/mol. The summed E-state index contributed by atoms with van der Waals surface area (Å²) in [6.07, 6.45) is 12.2. The molecule has 178 valence electrons. The van der Waals surface area contributed by atoms with Crippen LogP contribution in [0.15, 0.2) is 18.2 Å². The van der Waals surface area contributed by atoms with Gasteiger partial charge in [-0.15, -0.1) is 0 Å². The molecule has 0 bridgehead atoms. The zero-order valence-corrected chi connectivity index (χ0v) is 19.8. The SMILES string of the molecule is CC1CCC(N[C@H]2CCCC[C@@H]2Cc2ccc3c(c2)CN(C2CCC(=O)NC2=O)C3=O)CC1. The van der Waals surface area contributed by atoms with Gasteiger partial charge in [0.1, 0.15) is 6.04 Å². The van der Waals surface area contributed by atoms with Gasteiger partial charge in [-0.25, -0.2) is 0 Å². The topological polar surface area (TPSA) is 78.5 Å². The van der Waals surface area contributed by atoms with Gasteiger partial charge in [0.2, 0.25) is 11.8 Å². The molecule has 2 saturated carbocycles. The van der Waals surface area contributed by atoms with Crippen molar-refractivity contribution in [3.63, 3.8) is 0 Å².